The standard InChI is InChI=1S/C20H27N3O/c1-13(2)15(4)23(17-8-9-17)20(24)19-11-14(3)22(16(19)5)18-7-6-10-21-12-18/h6-7,10-13,15,17H,8-9H2,1-5H3/t15-/m0/s1. The topological polar surface area (TPSA) is 38.1 Å². The van der Waals surface area contributed by atoms with Crippen molar-refractivity contribution in [2.24, 2.45) is 5.92 Å². The van der Waals surface area contributed by atoms with Crippen LogP contribution in [0.3, 0.4) is 0 Å². The Morgan fingerprint density at radius 1 is 1.29 bits per heavy atom. The predicted octanol–water partition coefficient (Wildman–Crippen LogP) is 4.14. The molecule has 0 radical (unpaired) electrons. The molecule has 0 aromatic carbocycles. The van der Waals surface area contributed by atoms with E-state index in [4.69, 9.17) is 0 Å². The van der Waals surface area contributed by atoms with Crippen molar-refractivity contribution in [2.45, 2.75) is 59.5 Å². The van der Waals surface area contributed by atoms with Gasteiger partial charge in [-0.25, -0.2) is 0 Å². The molecule has 4 heteroatoms. The Morgan fingerprint density at radius 2 is 2.00 bits per heavy atom. The maximum absolute atomic E-state index is 13.3. The summed E-state index contributed by atoms with van der Waals surface area (Å²) >= 11 is 0. The lowest BCUT2D eigenvalue weighted by atomic mass is 10.0. The first-order valence-electron chi connectivity index (χ1n) is 8.83. The van der Waals surface area contributed by atoms with E-state index in [1.807, 2.05) is 38.2 Å². The Bertz CT molecular complexity index is 729. The SMILES string of the molecule is Cc1cc(C(=O)N(C2CC2)[C@@H](C)C(C)C)c(C)n1-c1cccnc1. The zero-order valence-corrected chi connectivity index (χ0v) is 15.3. The van der Waals surface area contributed by atoms with Crippen LogP contribution in [0, 0.1) is 19.8 Å². The van der Waals surface area contributed by atoms with Crippen LogP contribution in [0.1, 0.15) is 55.4 Å². The molecule has 3 rings (SSSR count). The number of hydrogen-bond donors (Lipinski definition) is 0. The average molecular weight is 325 g/mol. The number of hydrogen-bond acceptors (Lipinski definition) is 2. The van der Waals surface area contributed by atoms with Crippen LogP contribution in [0.25, 0.3) is 5.69 Å². The number of pyridine rings is 1. The van der Waals surface area contributed by atoms with Crippen molar-refractivity contribution in [3.63, 3.8) is 0 Å². The van der Waals surface area contributed by atoms with Crippen molar-refractivity contribution in [3.05, 3.63) is 47.5 Å². The van der Waals surface area contributed by atoms with Crippen LogP contribution in [0.4, 0.5) is 0 Å². The number of carbonyl (C=O) groups is 1. The van der Waals surface area contributed by atoms with E-state index in [2.05, 4.69) is 35.2 Å². The fourth-order valence-corrected chi connectivity index (χ4v) is 3.36. The molecule has 1 aliphatic rings. The van der Waals surface area contributed by atoms with Crippen molar-refractivity contribution in [1.82, 2.24) is 14.5 Å². The van der Waals surface area contributed by atoms with E-state index in [0.29, 0.717) is 12.0 Å². The molecular weight excluding hydrogens is 298 g/mol. The van der Waals surface area contributed by atoms with E-state index in [-0.39, 0.29) is 11.9 Å². The van der Waals surface area contributed by atoms with E-state index in [1.165, 1.54) is 0 Å². The first kappa shape index (κ1) is 16.7. The molecule has 1 aliphatic carbocycles. The normalized spacial score (nSPS) is 15.6. The summed E-state index contributed by atoms with van der Waals surface area (Å²) in [6, 6.07) is 6.64. The summed E-state index contributed by atoms with van der Waals surface area (Å²) in [4.78, 5) is 19.6. The Hall–Kier alpha value is -2.10. The number of carbonyl (C=O) groups excluding carboxylic acids is 1. The van der Waals surface area contributed by atoms with Crippen LogP contribution in [0.15, 0.2) is 30.6 Å². The molecule has 128 valence electrons. The summed E-state index contributed by atoms with van der Waals surface area (Å²) in [6.07, 6.45) is 5.86. The fourth-order valence-electron chi connectivity index (χ4n) is 3.36. The minimum Gasteiger partial charge on any atom is -0.333 e. The van der Waals surface area contributed by atoms with Gasteiger partial charge in [0.1, 0.15) is 0 Å². The lowest BCUT2D eigenvalue weighted by Gasteiger charge is -2.32. The predicted molar refractivity (Wildman–Crippen MR) is 96.5 cm³/mol. The Morgan fingerprint density at radius 3 is 2.54 bits per heavy atom. The molecule has 1 saturated carbocycles. The van der Waals surface area contributed by atoms with Crippen molar-refractivity contribution in [3.8, 4) is 5.69 Å². The number of aromatic nitrogens is 2. The number of rotatable bonds is 5. The molecule has 1 atom stereocenters. The maximum atomic E-state index is 13.3. The van der Waals surface area contributed by atoms with Crippen molar-refractivity contribution in [2.75, 3.05) is 0 Å². The summed E-state index contributed by atoms with van der Waals surface area (Å²) in [5.74, 6) is 0.623. The Balaban J connectivity index is 1.99. The molecule has 0 aliphatic heterocycles. The summed E-state index contributed by atoms with van der Waals surface area (Å²) in [5, 5.41) is 0. The molecule has 0 saturated heterocycles. The van der Waals surface area contributed by atoms with Crippen LogP contribution >= 0.6 is 0 Å². The fraction of sp³-hybridized carbons (Fsp3) is 0.500. The summed E-state index contributed by atoms with van der Waals surface area (Å²) < 4.78 is 2.12. The lowest BCUT2D eigenvalue weighted by Crippen LogP contribution is -2.43. The smallest absolute Gasteiger partial charge is 0.256 e. The zero-order valence-electron chi connectivity index (χ0n) is 15.3. The van der Waals surface area contributed by atoms with Gasteiger partial charge >= 0.3 is 0 Å². The molecule has 0 unspecified atom stereocenters. The molecule has 2 heterocycles. The molecule has 2 aromatic heterocycles. The third kappa shape index (κ3) is 2.97. The highest BCUT2D eigenvalue weighted by Crippen LogP contribution is 2.33. The molecule has 0 N–H and O–H groups in total. The van der Waals surface area contributed by atoms with Gasteiger partial charge in [-0.15, -0.1) is 0 Å². The van der Waals surface area contributed by atoms with Gasteiger partial charge in [0.05, 0.1) is 17.4 Å². The second kappa shape index (κ2) is 6.42. The van der Waals surface area contributed by atoms with E-state index in [9.17, 15) is 4.79 Å². The molecule has 1 amide bonds. The van der Waals surface area contributed by atoms with Gasteiger partial charge in [0.15, 0.2) is 0 Å². The minimum absolute atomic E-state index is 0.168. The molecule has 1 fully saturated rings. The largest absolute Gasteiger partial charge is 0.333 e. The quantitative estimate of drug-likeness (QED) is 0.828. The van der Waals surface area contributed by atoms with Crippen LogP contribution in [0.2, 0.25) is 0 Å². The molecule has 0 bridgehead atoms. The van der Waals surface area contributed by atoms with Crippen LogP contribution in [-0.2, 0) is 0 Å². The van der Waals surface area contributed by atoms with Gasteiger partial charge < -0.3 is 9.47 Å². The highest BCUT2D eigenvalue weighted by Gasteiger charge is 2.38. The second-order valence-electron chi connectivity index (χ2n) is 7.26. The summed E-state index contributed by atoms with van der Waals surface area (Å²) in [5.41, 5.74) is 3.88. The van der Waals surface area contributed by atoms with Gasteiger partial charge in [0.25, 0.3) is 5.91 Å². The van der Waals surface area contributed by atoms with E-state index in [0.717, 1.165) is 35.5 Å². The third-order valence-electron chi connectivity index (χ3n) is 5.14. The van der Waals surface area contributed by atoms with E-state index in [1.54, 1.807) is 6.20 Å². The third-order valence-corrected chi connectivity index (χ3v) is 5.14. The monoisotopic (exact) mass is 325 g/mol. The second-order valence-corrected chi connectivity index (χ2v) is 7.26. The Labute approximate surface area is 144 Å². The van der Waals surface area contributed by atoms with Crippen molar-refractivity contribution in [1.29, 1.82) is 0 Å². The summed E-state index contributed by atoms with van der Waals surface area (Å²) in [7, 11) is 0. The maximum Gasteiger partial charge on any atom is 0.256 e. The number of nitrogens with zero attached hydrogens (tertiary/aromatic N) is 3. The average Bonchev–Trinajstić information content (AvgIpc) is 3.33. The minimum atomic E-state index is 0.168. The van der Waals surface area contributed by atoms with Crippen LogP contribution in [0.5, 0.6) is 0 Å². The van der Waals surface area contributed by atoms with E-state index >= 15 is 0 Å². The zero-order chi connectivity index (χ0) is 17.4. The van der Waals surface area contributed by atoms with Crippen molar-refractivity contribution >= 4 is 5.91 Å². The molecule has 4 nitrogen and oxygen atoms in total. The first-order valence-corrected chi connectivity index (χ1v) is 8.83. The number of aryl methyl sites for hydroxylation is 1. The van der Waals surface area contributed by atoms with Gasteiger partial charge in [-0.2, -0.15) is 0 Å². The van der Waals surface area contributed by atoms with Gasteiger partial charge in [0, 0.05) is 29.7 Å². The molecule has 24 heavy (non-hydrogen) atoms. The van der Waals surface area contributed by atoms with Crippen molar-refractivity contribution < 1.29 is 4.79 Å². The van der Waals surface area contributed by atoms with Gasteiger partial charge in [-0.3, -0.25) is 9.78 Å². The van der Waals surface area contributed by atoms with Gasteiger partial charge in [-0.05, 0) is 57.7 Å². The lowest BCUT2D eigenvalue weighted by molar-refractivity contribution is 0.0627. The van der Waals surface area contributed by atoms with E-state index < -0.39 is 0 Å². The number of amides is 1. The molecule has 2 aromatic rings. The Kier molecular flexibility index (Phi) is 4.48. The summed E-state index contributed by atoms with van der Waals surface area (Å²) in [6.45, 7) is 10.6. The van der Waals surface area contributed by atoms with Crippen LogP contribution in [-0.4, -0.2) is 32.4 Å². The van der Waals surface area contributed by atoms with Gasteiger partial charge in [-0.1, -0.05) is 13.8 Å². The first-order chi connectivity index (χ1) is 11.4. The highest BCUT2D eigenvalue weighted by molar-refractivity contribution is 5.96. The molecular formula is C20H27N3O. The van der Waals surface area contributed by atoms with Crippen LogP contribution < -0.4 is 0 Å². The molecule has 0 spiro atoms. The highest BCUT2D eigenvalue weighted by atomic mass is 16.2. The van der Waals surface area contributed by atoms with Gasteiger partial charge in [0.2, 0.25) is 0 Å².